The van der Waals surface area contributed by atoms with Gasteiger partial charge in [-0.3, -0.25) is 9.59 Å². The number of nitrogens with one attached hydrogen (secondary N) is 1. The van der Waals surface area contributed by atoms with Gasteiger partial charge in [-0.05, 0) is 60.5 Å². The fourth-order valence-corrected chi connectivity index (χ4v) is 4.98. The predicted molar refractivity (Wildman–Crippen MR) is 146 cm³/mol. The Kier molecular flexibility index (Phi) is 9.09. The summed E-state index contributed by atoms with van der Waals surface area (Å²) in [7, 11) is 0. The Balaban J connectivity index is 1.30. The van der Waals surface area contributed by atoms with Gasteiger partial charge >= 0.3 is 5.97 Å². The van der Waals surface area contributed by atoms with Gasteiger partial charge in [-0.2, -0.15) is 0 Å². The molecule has 3 aromatic carbocycles. The van der Waals surface area contributed by atoms with Gasteiger partial charge in [0.25, 0.3) is 11.8 Å². The van der Waals surface area contributed by atoms with E-state index in [4.69, 9.17) is 27.9 Å². The third kappa shape index (κ3) is 7.07. The van der Waals surface area contributed by atoms with Crippen molar-refractivity contribution in [2.45, 2.75) is 38.3 Å². The van der Waals surface area contributed by atoms with Crippen LogP contribution in [0.2, 0.25) is 10.0 Å². The van der Waals surface area contributed by atoms with Crippen LogP contribution in [-0.4, -0.2) is 53.0 Å². The van der Waals surface area contributed by atoms with Gasteiger partial charge in [0.1, 0.15) is 23.7 Å². The van der Waals surface area contributed by atoms with Crippen LogP contribution in [0.15, 0.2) is 60.7 Å². The van der Waals surface area contributed by atoms with Crippen LogP contribution in [0.4, 0.5) is 4.39 Å². The first-order valence-electron chi connectivity index (χ1n) is 12.4. The zero-order valence-electron chi connectivity index (χ0n) is 21.1. The van der Waals surface area contributed by atoms with E-state index in [-0.39, 0.29) is 39.9 Å². The summed E-state index contributed by atoms with van der Waals surface area (Å²) in [6, 6.07) is 14.8. The molecule has 1 atom stereocenters. The summed E-state index contributed by atoms with van der Waals surface area (Å²) >= 11 is 12.1. The molecule has 7 nitrogen and oxygen atoms in total. The lowest BCUT2D eigenvalue weighted by Gasteiger charge is -2.32. The number of halogens is 3. The fraction of sp³-hybridized carbons (Fsp3) is 0.276. The number of carboxylic acid groups (broad SMARTS) is 1. The predicted octanol–water partition coefficient (Wildman–Crippen LogP) is 5.55. The Bertz CT molecular complexity index is 1350. The largest absolute Gasteiger partial charge is 0.490 e. The van der Waals surface area contributed by atoms with Crippen molar-refractivity contribution < 1.29 is 28.6 Å². The number of aryl methyl sites for hydroxylation is 1. The minimum atomic E-state index is -1.19. The molecule has 204 valence electrons. The molecule has 2 amide bonds. The maximum atomic E-state index is 13.5. The molecule has 0 spiro atoms. The van der Waals surface area contributed by atoms with E-state index in [9.17, 15) is 23.9 Å². The molecule has 1 aliphatic rings. The lowest BCUT2D eigenvalue weighted by molar-refractivity contribution is -0.139. The summed E-state index contributed by atoms with van der Waals surface area (Å²) in [6.45, 7) is 2.67. The van der Waals surface area contributed by atoms with Crippen molar-refractivity contribution in [3.63, 3.8) is 0 Å². The van der Waals surface area contributed by atoms with Crippen LogP contribution >= 0.6 is 23.2 Å². The van der Waals surface area contributed by atoms with Gasteiger partial charge in [-0.25, -0.2) is 9.18 Å². The second-order valence-electron chi connectivity index (χ2n) is 9.38. The lowest BCUT2D eigenvalue weighted by atomic mass is 10.0. The maximum Gasteiger partial charge on any atom is 0.326 e. The molecule has 2 N–H and O–H groups in total. The molecule has 0 bridgehead atoms. The number of likely N-dealkylation sites (tertiary alicyclic amines) is 1. The monoisotopic (exact) mass is 572 g/mol. The summed E-state index contributed by atoms with van der Waals surface area (Å²) in [5, 5.41) is 12.4. The quantitative estimate of drug-likeness (QED) is 0.369. The first-order chi connectivity index (χ1) is 18.6. The number of carbonyl (C=O) groups is 3. The van der Waals surface area contributed by atoms with Gasteiger partial charge in [0.2, 0.25) is 0 Å². The fourth-order valence-electron chi connectivity index (χ4n) is 4.41. The van der Waals surface area contributed by atoms with Crippen molar-refractivity contribution >= 4 is 41.0 Å². The lowest BCUT2D eigenvalue weighted by Crippen LogP contribution is -2.42. The van der Waals surface area contributed by atoms with E-state index in [0.29, 0.717) is 48.4 Å². The number of carbonyl (C=O) groups excluding carboxylic acids is 2. The highest BCUT2D eigenvalue weighted by Crippen LogP contribution is 2.25. The van der Waals surface area contributed by atoms with Crippen molar-refractivity contribution in [3.05, 3.63) is 98.8 Å². The number of carboxylic acids is 1. The molecule has 10 heteroatoms. The average molecular weight is 573 g/mol. The summed E-state index contributed by atoms with van der Waals surface area (Å²) in [5.41, 5.74) is 1.62. The van der Waals surface area contributed by atoms with E-state index in [0.717, 1.165) is 0 Å². The van der Waals surface area contributed by atoms with E-state index in [2.05, 4.69) is 5.32 Å². The average Bonchev–Trinajstić information content (AvgIpc) is 2.91. The van der Waals surface area contributed by atoms with Crippen LogP contribution in [0, 0.1) is 12.7 Å². The van der Waals surface area contributed by atoms with Gasteiger partial charge in [-0.15, -0.1) is 0 Å². The normalized spacial score (nSPS) is 14.5. The Morgan fingerprint density at radius 1 is 1.05 bits per heavy atom. The first-order valence-corrected chi connectivity index (χ1v) is 13.2. The summed E-state index contributed by atoms with van der Waals surface area (Å²) in [5.74, 6) is -1.70. The number of hydrogen-bond donors (Lipinski definition) is 2. The van der Waals surface area contributed by atoms with Crippen molar-refractivity contribution in [3.8, 4) is 5.75 Å². The number of ether oxygens (including phenoxy) is 1. The zero-order chi connectivity index (χ0) is 28.1. The van der Waals surface area contributed by atoms with Crippen molar-refractivity contribution in [1.29, 1.82) is 0 Å². The number of aliphatic carboxylic acids is 1. The Morgan fingerprint density at radius 2 is 1.69 bits per heavy atom. The SMILES string of the molecule is Cc1cc(C(=O)N2CCC(Oc3ccc(C[C@H](NC(=O)c4c(Cl)cccc4Cl)C(=O)O)cc3)CC2)ccc1F. The Morgan fingerprint density at radius 3 is 2.28 bits per heavy atom. The van der Waals surface area contributed by atoms with Crippen LogP contribution in [-0.2, 0) is 11.2 Å². The van der Waals surface area contributed by atoms with Crippen LogP contribution in [0.1, 0.15) is 44.7 Å². The van der Waals surface area contributed by atoms with Crippen molar-refractivity contribution in [1.82, 2.24) is 10.2 Å². The molecule has 0 aromatic heterocycles. The maximum absolute atomic E-state index is 13.5. The number of benzene rings is 3. The number of nitrogens with zero attached hydrogens (tertiary/aromatic N) is 1. The second kappa shape index (κ2) is 12.5. The standard InChI is InChI=1S/C29H27Cl2FN2O5/c1-17-15-19(7-10-24(17)32)28(36)34-13-11-21(12-14-34)39-20-8-5-18(6-9-20)16-25(29(37)38)33-27(35)26-22(30)3-2-4-23(26)31/h2-10,15,21,25H,11-14,16H2,1H3,(H,33,35)(H,37,38)/t25-/m0/s1. The number of rotatable bonds is 8. The molecule has 1 fully saturated rings. The highest BCUT2D eigenvalue weighted by Gasteiger charge is 2.26. The number of piperidine rings is 1. The molecule has 0 aliphatic carbocycles. The van der Waals surface area contributed by atoms with E-state index in [1.807, 2.05) is 0 Å². The summed E-state index contributed by atoms with van der Waals surface area (Å²) < 4.78 is 19.6. The Hall–Kier alpha value is -3.62. The van der Waals surface area contributed by atoms with Gasteiger partial charge in [0.05, 0.1) is 15.6 Å². The van der Waals surface area contributed by atoms with Crippen LogP contribution < -0.4 is 10.1 Å². The highest BCUT2D eigenvalue weighted by molar-refractivity contribution is 6.39. The molecule has 4 rings (SSSR count). The molecule has 39 heavy (non-hydrogen) atoms. The third-order valence-corrected chi connectivity index (χ3v) is 7.22. The topological polar surface area (TPSA) is 95.9 Å². The molecule has 1 saturated heterocycles. The van der Waals surface area contributed by atoms with E-state index < -0.39 is 17.9 Å². The zero-order valence-corrected chi connectivity index (χ0v) is 22.6. The van der Waals surface area contributed by atoms with E-state index >= 15 is 0 Å². The van der Waals surface area contributed by atoms with Gasteiger partial charge in [-0.1, -0.05) is 41.4 Å². The molecule has 0 saturated carbocycles. The molecular weight excluding hydrogens is 546 g/mol. The second-order valence-corrected chi connectivity index (χ2v) is 10.2. The molecule has 0 unspecified atom stereocenters. The highest BCUT2D eigenvalue weighted by atomic mass is 35.5. The molecule has 3 aromatic rings. The smallest absolute Gasteiger partial charge is 0.326 e. The Labute approximate surface area is 235 Å². The van der Waals surface area contributed by atoms with Crippen LogP contribution in [0.5, 0.6) is 5.75 Å². The van der Waals surface area contributed by atoms with Gasteiger partial charge < -0.3 is 20.1 Å². The molecule has 1 heterocycles. The van der Waals surface area contributed by atoms with Crippen LogP contribution in [0.3, 0.4) is 0 Å². The minimum Gasteiger partial charge on any atom is -0.490 e. The molecular formula is C29H27Cl2FN2O5. The number of hydrogen-bond acceptors (Lipinski definition) is 4. The van der Waals surface area contributed by atoms with E-state index in [1.165, 1.54) is 24.3 Å². The summed E-state index contributed by atoms with van der Waals surface area (Å²) in [4.78, 5) is 39.0. The number of amides is 2. The van der Waals surface area contributed by atoms with Gasteiger partial charge in [0.15, 0.2) is 0 Å². The molecule has 1 aliphatic heterocycles. The van der Waals surface area contributed by atoms with Crippen molar-refractivity contribution in [2.75, 3.05) is 13.1 Å². The summed E-state index contributed by atoms with van der Waals surface area (Å²) in [6.07, 6.45) is 1.25. The van der Waals surface area contributed by atoms with E-state index in [1.54, 1.807) is 48.2 Å². The minimum absolute atomic E-state index is 0.0244. The first kappa shape index (κ1) is 28.4. The van der Waals surface area contributed by atoms with Crippen LogP contribution in [0.25, 0.3) is 0 Å². The third-order valence-electron chi connectivity index (χ3n) is 6.59. The van der Waals surface area contributed by atoms with Crippen molar-refractivity contribution in [2.24, 2.45) is 0 Å². The molecule has 0 radical (unpaired) electrons. The van der Waals surface area contributed by atoms with Gasteiger partial charge in [0, 0.05) is 37.9 Å².